The van der Waals surface area contributed by atoms with Crippen molar-refractivity contribution in [1.29, 1.82) is 0 Å². The van der Waals surface area contributed by atoms with Gasteiger partial charge in [0.25, 0.3) is 0 Å². The number of carboxylic acids is 1. The van der Waals surface area contributed by atoms with Crippen molar-refractivity contribution in [3.8, 4) is 5.75 Å². The van der Waals surface area contributed by atoms with E-state index in [-0.39, 0.29) is 12.5 Å². The van der Waals surface area contributed by atoms with Crippen molar-refractivity contribution < 1.29 is 19.4 Å². The van der Waals surface area contributed by atoms with E-state index in [9.17, 15) is 9.90 Å². The highest BCUT2D eigenvalue weighted by atomic mass is 16.5. The van der Waals surface area contributed by atoms with Crippen LogP contribution in [0.2, 0.25) is 0 Å². The van der Waals surface area contributed by atoms with E-state index in [0.717, 1.165) is 18.6 Å². The van der Waals surface area contributed by atoms with Crippen molar-refractivity contribution in [2.75, 3.05) is 19.8 Å². The maximum Gasteiger partial charge on any atom is 0.310 e. The number of hydrogen-bond donors (Lipinski definition) is 1. The molecule has 0 bridgehead atoms. The molecule has 1 heterocycles. The van der Waals surface area contributed by atoms with Crippen molar-refractivity contribution in [3.63, 3.8) is 0 Å². The Labute approximate surface area is 107 Å². The number of aliphatic carboxylic acids is 1. The third kappa shape index (κ3) is 3.47. The van der Waals surface area contributed by atoms with Gasteiger partial charge < -0.3 is 14.6 Å². The van der Waals surface area contributed by atoms with Gasteiger partial charge in [0, 0.05) is 13.2 Å². The van der Waals surface area contributed by atoms with Crippen LogP contribution in [0, 0.1) is 11.8 Å². The minimum absolute atomic E-state index is 0.153. The molecule has 1 saturated heterocycles. The maximum atomic E-state index is 11.3. The third-order valence-electron chi connectivity index (χ3n) is 3.32. The summed E-state index contributed by atoms with van der Waals surface area (Å²) in [4.78, 5) is 11.3. The molecule has 1 aromatic rings. The standard InChI is InChI=1S/C14H18O4/c15-14(16)13(11-6-8-17-9-7-11)10-18-12-4-2-1-3-5-12/h1-5,11,13H,6-10H2,(H,15,16). The summed E-state index contributed by atoms with van der Waals surface area (Å²) in [6, 6.07) is 9.32. The first-order chi connectivity index (χ1) is 8.77. The fourth-order valence-electron chi connectivity index (χ4n) is 2.23. The predicted molar refractivity (Wildman–Crippen MR) is 66.6 cm³/mol. The number of benzene rings is 1. The summed E-state index contributed by atoms with van der Waals surface area (Å²) in [7, 11) is 0. The highest BCUT2D eigenvalue weighted by Gasteiger charge is 2.30. The summed E-state index contributed by atoms with van der Waals surface area (Å²) in [5, 5.41) is 9.28. The molecule has 0 amide bonds. The smallest absolute Gasteiger partial charge is 0.310 e. The van der Waals surface area contributed by atoms with Crippen LogP contribution in [0.4, 0.5) is 0 Å². The minimum Gasteiger partial charge on any atom is -0.493 e. The number of hydrogen-bond acceptors (Lipinski definition) is 3. The first-order valence-electron chi connectivity index (χ1n) is 6.26. The molecule has 0 saturated carbocycles. The fraction of sp³-hybridized carbons (Fsp3) is 0.500. The van der Waals surface area contributed by atoms with Gasteiger partial charge in [-0.05, 0) is 30.9 Å². The number of carboxylic acid groups (broad SMARTS) is 1. The third-order valence-corrected chi connectivity index (χ3v) is 3.32. The van der Waals surface area contributed by atoms with Gasteiger partial charge in [0.2, 0.25) is 0 Å². The number of rotatable bonds is 5. The van der Waals surface area contributed by atoms with Gasteiger partial charge >= 0.3 is 5.97 Å². The fourth-order valence-corrected chi connectivity index (χ4v) is 2.23. The predicted octanol–water partition coefficient (Wildman–Crippen LogP) is 2.19. The molecular formula is C14H18O4. The lowest BCUT2D eigenvalue weighted by atomic mass is 9.86. The molecule has 0 radical (unpaired) electrons. The highest BCUT2D eigenvalue weighted by Crippen LogP contribution is 2.25. The van der Waals surface area contributed by atoms with Crippen molar-refractivity contribution in [2.24, 2.45) is 11.8 Å². The Morgan fingerprint density at radius 1 is 1.33 bits per heavy atom. The number of carbonyl (C=O) groups is 1. The van der Waals surface area contributed by atoms with Crippen molar-refractivity contribution >= 4 is 5.97 Å². The molecule has 4 nitrogen and oxygen atoms in total. The molecule has 0 aliphatic carbocycles. The van der Waals surface area contributed by atoms with E-state index in [2.05, 4.69) is 0 Å². The van der Waals surface area contributed by atoms with Crippen LogP contribution in [0.25, 0.3) is 0 Å². The lowest BCUT2D eigenvalue weighted by Crippen LogP contribution is -2.33. The lowest BCUT2D eigenvalue weighted by molar-refractivity contribution is -0.146. The van der Waals surface area contributed by atoms with E-state index in [1.165, 1.54) is 0 Å². The zero-order valence-electron chi connectivity index (χ0n) is 10.2. The summed E-state index contributed by atoms with van der Waals surface area (Å²) >= 11 is 0. The second-order valence-corrected chi connectivity index (χ2v) is 4.52. The molecule has 4 heteroatoms. The summed E-state index contributed by atoms with van der Waals surface area (Å²) < 4.78 is 10.8. The van der Waals surface area contributed by atoms with E-state index in [1.54, 1.807) is 0 Å². The number of ether oxygens (including phenoxy) is 2. The first kappa shape index (κ1) is 12.9. The van der Waals surface area contributed by atoms with Crippen LogP contribution >= 0.6 is 0 Å². The van der Waals surface area contributed by atoms with Crippen LogP contribution in [0.5, 0.6) is 5.75 Å². The van der Waals surface area contributed by atoms with Crippen molar-refractivity contribution in [3.05, 3.63) is 30.3 Å². The average Bonchev–Trinajstić information content (AvgIpc) is 2.41. The molecule has 1 aliphatic heterocycles. The lowest BCUT2D eigenvalue weighted by Gasteiger charge is -2.27. The Morgan fingerprint density at radius 3 is 2.61 bits per heavy atom. The van der Waals surface area contributed by atoms with Crippen LogP contribution in [-0.2, 0) is 9.53 Å². The largest absolute Gasteiger partial charge is 0.493 e. The van der Waals surface area contributed by atoms with Crippen LogP contribution in [0.3, 0.4) is 0 Å². The Bertz CT molecular complexity index is 371. The zero-order valence-corrected chi connectivity index (χ0v) is 10.2. The van der Waals surface area contributed by atoms with Crippen molar-refractivity contribution in [1.82, 2.24) is 0 Å². The van der Waals surface area contributed by atoms with E-state index in [0.29, 0.717) is 13.2 Å². The normalized spacial score (nSPS) is 18.2. The summed E-state index contributed by atoms with van der Waals surface area (Å²) in [5.41, 5.74) is 0. The molecule has 2 rings (SSSR count). The Kier molecular flexibility index (Phi) is 4.59. The van der Waals surface area contributed by atoms with Crippen LogP contribution < -0.4 is 4.74 Å². The SMILES string of the molecule is O=C(O)C(COc1ccccc1)C1CCOCC1. The summed E-state index contributed by atoms with van der Waals surface area (Å²) in [6.07, 6.45) is 1.60. The number of para-hydroxylation sites is 1. The monoisotopic (exact) mass is 250 g/mol. The van der Waals surface area contributed by atoms with E-state index < -0.39 is 11.9 Å². The molecule has 1 aromatic carbocycles. The van der Waals surface area contributed by atoms with Gasteiger partial charge in [-0.15, -0.1) is 0 Å². The van der Waals surface area contributed by atoms with Gasteiger partial charge in [0.15, 0.2) is 0 Å². The molecule has 1 aliphatic rings. The van der Waals surface area contributed by atoms with Gasteiger partial charge in [-0.1, -0.05) is 18.2 Å². The van der Waals surface area contributed by atoms with E-state index >= 15 is 0 Å². The van der Waals surface area contributed by atoms with Crippen LogP contribution in [0.15, 0.2) is 30.3 Å². The molecule has 1 fully saturated rings. The maximum absolute atomic E-state index is 11.3. The quantitative estimate of drug-likeness (QED) is 0.870. The minimum atomic E-state index is -0.780. The molecule has 1 atom stereocenters. The summed E-state index contributed by atoms with van der Waals surface area (Å²) in [6.45, 7) is 1.53. The van der Waals surface area contributed by atoms with Crippen LogP contribution in [0.1, 0.15) is 12.8 Å². The molecule has 1 unspecified atom stereocenters. The molecule has 18 heavy (non-hydrogen) atoms. The van der Waals surface area contributed by atoms with Gasteiger partial charge in [-0.2, -0.15) is 0 Å². The topological polar surface area (TPSA) is 55.8 Å². The molecule has 0 aromatic heterocycles. The highest BCUT2D eigenvalue weighted by molar-refractivity contribution is 5.70. The van der Waals surface area contributed by atoms with Crippen LogP contribution in [-0.4, -0.2) is 30.9 Å². The average molecular weight is 250 g/mol. The Hall–Kier alpha value is -1.55. The molecular weight excluding hydrogens is 232 g/mol. The molecule has 0 spiro atoms. The zero-order chi connectivity index (χ0) is 12.8. The van der Waals surface area contributed by atoms with Gasteiger partial charge in [0.05, 0.1) is 5.92 Å². The first-order valence-corrected chi connectivity index (χ1v) is 6.26. The van der Waals surface area contributed by atoms with Gasteiger partial charge in [-0.25, -0.2) is 0 Å². The van der Waals surface area contributed by atoms with E-state index in [1.807, 2.05) is 30.3 Å². The molecule has 98 valence electrons. The van der Waals surface area contributed by atoms with Gasteiger partial charge in [0.1, 0.15) is 12.4 Å². The molecule has 1 N–H and O–H groups in total. The second-order valence-electron chi connectivity index (χ2n) is 4.52. The Balaban J connectivity index is 1.92. The van der Waals surface area contributed by atoms with E-state index in [4.69, 9.17) is 9.47 Å². The van der Waals surface area contributed by atoms with Crippen molar-refractivity contribution in [2.45, 2.75) is 12.8 Å². The van der Waals surface area contributed by atoms with Gasteiger partial charge in [-0.3, -0.25) is 4.79 Å². The Morgan fingerprint density at radius 2 is 2.00 bits per heavy atom. The summed E-state index contributed by atoms with van der Waals surface area (Å²) in [5.74, 6) is -0.359. The second kappa shape index (κ2) is 6.40.